The van der Waals surface area contributed by atoms with Crippen LogP contribution in [0, 0.1) is 0 Å². The first kappa shape index (κ1) is 23.6. The van der Waals surface area contributed by atoms with Gasteiger partial charge >= 0.3 is 0 Å². The predicted octanol–water partition coefficient (Wildman–Crippen LogP) is 5.02. The quantitative estimate of drug-likeness (QED) is 0.253. The van der Waals surface area contributed by atoms with E-state index in [0.29, 0.717) is 22.0 Å². The Hall–Kier alpha value is -4.48. The third-order valence-electron chi connectivity index (χ3n) is 6.86. The number of Topliss-reactive ketones (excluding diaryl/α,β-unsaturated/α-hetero) is 1. The maximum Gasteiger partial charge on any atom is 0.169 e. The van der Waals surface area contributed by atoms with Gasteiger partial charge in [-0.15, -0.1) is 11.3 Å². The highest BCUT2D eigenvalue weighted by atomic mass is 32.1. The molecule has 10 nitrogen and oxygen atoms in total. The van der Waals surface area contributed by atoms with E-state index in [9.17, 15) is 4.79 Å². The van der Waals surface area contributed by atoms with Gasteiger partial charge < -0.3 is 15.0 Å². The van der Waals surface area contributed by atoms with Gasteiger partial charge in [0, 0.05) is 29.7 Å². The van der Waals surface area contributed by atoms with E-state index in [0.717, 1.165) is 69.8 Å². The monoisotopic (exact) mass is 536 g/mol. The number of aromatic amines is 2. The van der Waals surface area contributed by atoms with Crippen LogP contribution >= 0.6 is 11.3 Å². The summed E-state index contributed by atoms with van der Waals surface area (Å²) >= 11 is 1.41. The molecule has 0 radical (unpaired) electrons. The van der Waals surface area contributed by atoms with Gasteiger partial charge in [0.1, 0.15) is 28.8 Å². The molecule has 0 bridgehead atoms. The summed E-state index contributed by atoms with van der Waals surface area (Å²) < 4.78 is 6.20. The van der Waals surface area contributed by atoms with E-state index in [4.69, 9.17) is 9.72 Å². The summed E-state index contributed by atoms with van der Waals surface area (Å²) in [4.78, 5) is 35.2. The standard InChI is InChI=1S/C28H24N8O2S/c1-15(37)22-2-3-23(39-22)26-25-21(6-9-31-26)33-28(34-25)24-20-11-17(13-32-27(20)36-35-24)16-10-19(14-30-12-16)38-18-4-7-29-8-5-18/h2-3,6,9-14,18,29H,4-5,7-8H2,1H3,(H,33,34)(H,32,35,36). The maximum absolute atomic E-state index is 11.8. The molecular weight excluding hydrogens is 512 g/mol. The van der Waals surface area contributed by atoms with Crippen LogP contribution in [0.3, 0.4) is 0 Å². The number of imidazole rings is 1. The summed E-state index contributed by atoms with van der Waals surface area (Å²) in [6.45, 7) is 3.50. The number of rotatable bonds is 6. The van der Waals surface area contributed by atoms with Crippen molar-refractivity contribution in [3.63, 3.8) is 0 Å². The topological polar surface area (TPSA) is 134 Å². The Balaban J connectivity index is 1.25. The lowest BCUT2D eigenvalue weighted by Crippen LogP contribution is -2.34. The highest BCUT2D eigenvalue weighted by Gasteiger charge is 2.19. The van der Waals surface area contributed by atoms with Gasteiger partial charge in [0.25, 0.3) is 0 Å². The summed E-state index contributed by atoms with van der Waals surface area (Å²) in [5.74, 6) is 1.39. The fourth-order valence-corrected chi connectivity index (χ4v) is 5.77. The van der Waals surface area contributed by atoms with Gasteiger partial charge in [0.05, 0.1) is 26.9 Å². The van der Waals surface area contributed by atoms with Crippen molar-refractivity contribution >= 4 is 39.2 Å². The molecule has 39 heavy (non-hydrogen) atoms. The first-order valence-electron chi connectivity index (χ1n) is 12.8. The zero-order valence-corrected chi connectivity index (χ0v) is 21.9. The summed E-state index contributed by atoms with van der Waals surface area (Å²) in [6.07, 6.45) is 9.27. The number of hydrogen-bond donors (Lipinski definition) is 3. The molecule has 1 fully saturated rings. The highest BCUT2D eigenvalue weighted by molar-refractivity contribution is 7.17. The van der Waals surface area contributed by atoms with Crippen molar-refractivity contribution in [2.24, 2.45) is 0 Å². The van der Waals surface area contributed by atoms with Gasteiger partial charge in [-0.05, 0) is 63.2 Å². The minimum Gasteiger partial charge on any atom is -0.489 e. The van der Waals surface area contributed by atoms with E-state index in [1.165, 1.54) is 11.3 Å². The lowest BCUT2D eigenvalue weighted by atomic mass is 10.1. The van der Waals surface area contributed by atoms with E-state index >= 15 is 0 Å². The molecule has 194 valence electrons. The van der Waals surface area contributed by atoms with Gasteiger partial charge in [-0.25, -0.2) is 9.97 Å². The summed E-state index contributed by atoms with van der Waals surface area (Å²) in [5.41, 5.74) is 5.42. The second-order valence-electron chi connectivity index (χ2n) is 9.53. The number of thiophene rings is 1. The Morgan fingerprint density at radius 3 is 2.74 bits per heavy atom. The lowest BCUT2D eigenvalue weighted by molar-refractivity contribution is 0.102. The Kier molecular flexibility index (Phi) is 5.86. The van der Waals surface area contributed by atoms with Crippen molar-refractivity contribution in [2.45, 2.75) is 25.9 Å². The summed E-state index contributed by atoms with van der Waals surface area (Å²) in [6, 6.07) is 9.66. The van der Waals surface area contributed by atoms with Crippen molar-refractivity contribution in [2.75, 3.05) is 13.1 Å². The summed E-state index contributed by atoms with van der Waals surface area (Å²) in [5, 5.41) is 11.7. The van der Waals surface area contributed by atoms with Crippen LogP contribution in [0.1, 0.15) is 29.4 Å². The van der Waals surface area contributed by atoms with Gasteiger partial charge in [-0.1, -0.05) is 0 Å². The lowest BCUT2D eigenvalue weighted by Gasteiger charge is -2.23. The highest BCUT2D eigenvalue weighted by Crippen LogP contribution is 2.34. The van der Waals surface area contributed by atoms with Gasteiger partial charge in [-0.3, -0.25) is 19.9 Å². The molecule has 0 unspecified atom stereocenters. The largest absolute Gasteiger partial charge is 0.489 e. The number of nitrogens with one attached hydrogen (secondary N) is 3. The minimum absolute atomic E-state index is 0.0334. The Labute approximate surface area is 226 Å². The van der Waals surface area contributed by atoms with Gasteiger partial charge in [0.15, 0.2) is 17.3 Å². The molecule has 7 heterocycles. The molecule has 1 aliphatic rings. The van der Waals surface area contributed by atoms with Crippen molar-refractivity contribution in [3.05, 3.63) is 60.0 Å². The number of hydrogen-bond acceptors (Lipinski definition) is 9. The number of ketones is 1. The molecule has 0 atom stereocenters. The van der Waals surface area contributed by atoms with Crippen molar-refractivity contribution in [1.82, 2.24) is 40.4 Å². The first-order chi connectivity index (χ1) is 19.1. The van der Waals surface area contributed by atoms with E-state index in [2.05, 4.69) is 35.5 Å². The van der Waals surface area contributed by atoms with Crippen LogP contribution in [-0.4, -0.2) is 60.1 Å². The first-order valence-corrected chi connectivity index (χ1v) is 13.6. The van der Waals surface area contributed by atoms with Crippen LogP contribution in [-0.2, 0) is 0 Å². The predicted molar refractivity (Wildman–Crippen MR) is 150 cm³/mol. The zero-order valence-electron chi connectivity index (χ0n) is 21.1. The van der Waals surface area contributed by atoms with Crippen LogP contribution in [0.4, 0.5) is 0 Å². The second kappa shape index (κ2) is 9.68. The zero-order chi connectivity index (χ0) is 26.3. The number of fused-ring (bicyclic) bond motifs is 2. The molecule has 1 aliphatic heterocycles. The van der Waals surface area contributed by atoms with Crippen LogP contribution in [0.5, 0.6) is 5.75 Å². The number of aromatic nitrogens is 7. The number of carbonyl (C=O) groups is 1. The smallest absolute Gasteiger partial charge is 0.169 e. The van der Waals surface area contributed by atoms with Crippen molar-refractivity contribution < 1.29 is 9.53 Å². The van der Waals surface area contributed by atoms with Crippen molar-refractivity contribution in [1.29, 1.82) is 0 Å². The third kappa shape index (κ3) is 4.45. The minimum atomic E-state index is 0.0334. The molecule has 3 N–H and O–H groups in total. The number of piperidine rings is 1. The number of H-pyrrole nitrogens is 2. The van der Waals surface area contributed by atoms with Gasteiger partial charge in [0.2, 0.25) is 0 Å². The molecule has 0 aliphatic carbocycles. The number of carbonyl (C=O) groups excluding carboxylic acids is 1. The van der Waals surface area contributed by atoms with E-state index in [1.54, 1.807) is 25.5 Å². The molecule has 1 saturated heterocycles. The number of pyridine rings is 3. The molecule has 7 rings (SSSR count). The maximum atomic E-state index is 11.8. The summed E-state index contributed by atoms with van der Waals surface area (Å²) in [7, 11) is 0. The average Bonchev–Trinajstić information content (AvgIpc) is 3.71. The molecule has 0 saturated carbocycles. The normalized spacial score (nSPS) is 14.3. The van der Waals surface area contributed by atoms with E-state index < -0.39 is 0 Å². The Bertz CT molecular complexity index is 1830. The molecular formula is C28H24N8O2S. The van der Waals surface area contributed by atoms with Crippen LogP contribution < -0.4 is 10.1 Å². The SMILES string of the molecule is CC(=O)c1ccc(-c2nccc3[nH]c(-c4n[nH]c5ncc(-c6cncc(OC7CCNCC7)c6)cc45)nc23)s1. The second-order valence-corrected chi connectivity index (χ2v) is 10.6. The van der Waals surface area contributed by atoms with E-state index in [-0.39, 0.29) is 11.9 Å². The van der Waals surface area contributed by atoms with Crippen LogP contribution in [0.25, 0.3) is 55.3 Å². The molecule has 11 heteroatoms. The molecule has 6 aromatic rings. The van der Waals surface area contributed by atoms with Gasteiger partial charge in [-0.2, -0.15) is 5.10 Å². The number of nitrogens with zero attached hydrogens (tertiary/aromatic N) is 5. The van der Waals surface area contributed by atoms with Crippen molar-refractivity contribution in [3.8, 4) is 39.0 Å². The molecule has 0 spiro atoms. The fourth-order valence-electron chi connectivity index (χ4n) is 4.87. The van der Waals surface area contributed by atoms with E-state index in [1.807, 2.05) is 36.5 Å². The fraction of sp³-hybridized carbons (Fsp3) is 0.214. The van der Waals surface area contributed by atoms with Crippen LogP contribution in [0.2, 0.25) is 0 Å². The Morgan fingerprint density at radius 2 is 1.90 bits per heavy atom. The molecule has 0 amide bonds. The molecule has 0 aromatic carbocycles. The Morgan fingerprint density at radius 1 is 1.03 bits per heavy atom. The number of ether oxygens (including phenoxy) is 1. The molecule has 6 aromatic heterocycles. The average molecular weight is 537 g/mol. The van der Waals surface area contributed by atoms with Crippen LogP contribution in [0.15, 0.2) is 55.1 Å². The third-order valence-corrected chi connectivity index (χ3v) is 8.06.